The average Bonchev–Trinajstić information content (AvgIpc) is 2.62. The van der Waals surface area contributed by atoms with Crippen LogP contribution in [0.25, 0.3) is 0 Å². The Morgan fingerprint density at radius 1 is 1.20 bits per heavy atom. The predicted molar refractivity (Wildman–Crippen MR) is 88.9 cm³/mol. The number of ether oxygens (including phenoxy) is 2. The molecule has 0 aliphatic carbocycles. The van der Waals surface area contributed by atoms with E-state index in [2.05, 4.69) is 0 Å². The number of carbonyl (C=O) groups excluding carboxylic acids is 1. The fourth-order valence-corrected chi connectivity index (χ4v) is 2.09. The van der Waals surface area contributed by atoms with Gasteiger partial charge in [0, 0.05) is 12.1 Å². The summed E-state index contributed by atoms with van der Waals surface area (Å²) in [6.45, 7) is 3.17. The molecule has 0 saturated carbocycles. The van der Waals surface area contributed by atoms with Crippen LogP contribution in [-0.4, -0.2) is 17.0 Å². The Bertz CT molecular complexity index is 811. The van der Waals surface area contributed by atoms with Gasteiger partial charge in [0.1, 0.15) is 11.9 Å². The van der Waals surface area contributed by atoms with Crippen molar-refractivity contribution in [2.24, 2.45) is 0 Å². The van der Waals surface area contributed by atoms with Gasteiger partial charge in [0.05, 0.1) is 16.6 Å². The first-order valence-corrected chi connectivity index (χ1v) is 7.52. The summed E-state index contributed by atoms with van der Waals surface area (Å²) in [5.41, 5.74) is 0.942. The maximum Gasteiger partial charge on any atom is 0.347 e. The molecule has 0 saturated heterocycles. The third kappa shape index (κ3) is 4.78. The lowest BCUT2D eigenvalue weighted by Crippen LogP contribution is -2.27. The Hall–Kier alpha value is -3.40. The number of hydrogen-bond donors (Lipinski definition) is 0. The summed E-state index contributed by atoms with van der Waals surface area (Å²) in [5.74, 6) is -0.158. The first-order chi connectivity index (χ1) is 11.9. The van der Waals surface area contributed by atoms with E-state index in [1.165, 1.54) is 18.2 Å². The minimum Gasteiger partial charge on any atom is -0.479 e. The zero-order valence-corrected chi connectivity index (χ0v) is 13.7. The number of nitro benzene ring substituents is 1. The largest absolute Gasteiger partial charge is 0.479 e. The number of benzene rings is 2. The molecule has 0 heterocycles. The summed E-state index contributed by atoms with van der Waals surface area (Å²) in [6.07, 6.45) is -1.52. The smallest absolute Gasteiger partial charge is 0.347 e. The van der Waals surface area contributed by atoms with E-state index >= 15 is 0 Å². The van der Waals surface area contributed by atoms with Crippen LogP contribution in [-0.2, 0) is 9.53 Å². The first-order valence-electron chi connectivity index (χ1n) is 7.52. The van der Waals surface area contributed by atoms with Crippen molar-refractivity contribution in [3.05, 3.63) is 69.8 Å². The van der Waals surface area contributed by atoms with E-state index < -0.39 is 23.1 Å². The van der Waals surface area contributed by atoms with Crippen molar-refractivity contribution in [3.8, 4) is 11.8 Å². The van der Waals surface area contributed by atoms with Crippen molar-refractivity contribution < 1.29 is 19.2 Å². The number of nitrogens with zero attached hydrogens (tertiary/aromatic N) is 2. The van der Waals surface area contributed by atoms with Crippen LogP contribution in [0.5, 0.6) is 5.75 Å². The zero-order valence-electron chi connectivity index (χ0n) is 13.7. The lowest BCUT2D eigenvalue weighted by atomic mass is 10.1. The number of nitriles is 1. The van der Waals surface area contributed by atoms with Crippen molar-refractivity contribution in [1.82, 2.24) is 0 Å². The second-order valence-electron chi connectivity index (χ2n) is 5.33. The Morgan fingerprint density at radius 2 is 1.88 bits per heavy atom. The number of hydrogen-bond acceptors (Lipinski definition) is 6. The van der Waals surface area contributed by atoms with E-state index in [1.54, 1.807) is 44.2 Å². The first kappa shape index (κ1) is 17.9. The summed E-state index contributed by atoms with van der Waals surface area (Å²) in [6, 6.07) is 14.3. The molecule has 2 aromatic carbocycles. The number of esters is 1. The fourth-order valence-electron chi connectivity index (χ4n) is 2.09. The van der Waals surface area contributed by atoms with Crippen molar-refractivity contribution in [2.75, 3.05) is 0 Å². The third-order valence-corrected chi connectivity index (χ3v) is 3.47. The molecule has 7 heteroatoms. The molecule has 0 unspecified atom stereocenters. The van der Waals surface area contributed by atoms with E-state index in [9.17, 15) is 14.9 Å². The van der Waals surface area contributed by atoms with Gasteiger partial charge in [-0.3, -0.25) is 10.1 Å². The Labute approximate surface area is 144 Å². The third-order valence-electron chi connectivity index (χ3n) is 3.47. The monoisotopic (exact) mass is 340 g/mol. The molecular weight excluding hydrogens is 324 g/mol. The lowest BCUT2D eigenvalue weighted by molar-refractivity contribution is -0.385. The van der Waals surface area contributed by atoms with Gasteiger partial charge in [-0.15, -0.1) is 0 Å². The Morgan fingerprint density at radius 3 is 2.48 bits per heavy atom. The van der Waals surface area contributed by atoms with Crippen LogP contribution in [0.2, 0.25) is 0 Å². The highest BCUT2D eigenvalue weighted by atomic mass is 16.6. The van der Waals surface area contributed by atoms with Gasteiger partial charge in [0.25, 0.3) is 5.69 Å². The van der Waals surface area contributed by atoms with Crippen LogP contribution in [0.15, 0.2) is 48.5 Å². The number of rotatable bonds is 6. The quantitative estimate of drug-likeness (QED) is 0.453. The molecule has 2 aromatic rings. The number of non-ortho nitro benzene ring substituents is 1. The Kier molecular flexibility index (Phi) is 5.69. The summed E-state index contributed by atoms with van der Waals surface area (Å²) < 4.78 is 10.8. The molecule has 0 radical (unpaired) electrons. The van der Waals surface area contributed by atoms with Crippen molar-refractivity contribution >= 4 is 11.7 Å². The van der Waals surface area contributed by atoms with Crippen LogP contribution >= 0.6 is 0 Å². The summed E-state index contributed by atoms with van der Waals surface area (Å²) in [5, 5.41) is 19.6. The summed E-state index contributed by atoms with van der Waals surface area (Å²) in [7, 11) is 0. The topological polar surface area (TPSA) is 102 Å². The van der Waals surface area contributed by atoms with Crippen molar-refractivity contribution in [3.63, 3.8) is 0 Å². The molecule has 0 fully saturated rings. The second-order valence-corrected chi connectivity index (χ2v) is 5.33. The van der Waals surface area contributed by atoms with E-state index in [4.69, 9.17) is 14.7 Å². The number of nitro groups is 1. The molecule has 0 spiro atoms. The highest BCUT2D eigenvalue weighted by molar-refractivity contribution is 5.75. The standard InChI is InChI=1S/C18H16N2O5/c1-12(15-4-3-5-16(10-15)20(22)23)25-18(21)13(2)24-17-8-6-14(11-19)7-9-17/h3-10,12-13H,1-2H3/t12-,13+/m0/s1. The van der Waals surface area contributed by atoms with Crippen LogP contribution in [0.1, 0.15) is 31.1 Å². The molecule has 7 nitrogen and oxygen atoms in total. The summed E-state index contributed by atoms with van der Waals surface area (Å²) >= 11 is 0. The van der Waals surface area contributed by atoms with Gasteiger partial charge in [-0.2, -0.15) is 5.26 Å². The second kappa shape index (κ2) is 7.93. The average molecular weight is 340 g/mol. The molecule has 128 valence electrons. The van der Waals surface area contributed by atoms with Crippen LogP contribution in [0, 0.1) is 21.4 Å². The van der Waals surface area contributed by atoms with E-state index in [1.807, 2.05) is 6.07 Å². The van der Waals surface area contributed by atoms with E-state index in [-0.39, 0.29) is 5.69 Å². The maximum atomic E-state index is 12.1. The minimum absolute atomic E-state index is 0.0673. The van der Waals surface area contributed by atoms with Crippen molar-refractivity contribution in [2.45, 2.75) is 26.1 Å². The molecule has 0 aromatic heterocycles. The van der Waals surface area contributed by atoms with E-state index in [0.717, 1.165) is 0 Å². The minimum atomic E-state index is -0.867. The van der Waals surface area contributed by atoms with Gasteiger partial charge in [-0.25, -0.2) is 4.79 Å². The van der Waals surface area contributed by atoms with Gasteiger partial charge in [-0.1, -0.05) is 12.1 Å². The highest BCUT2D eigenvalue weighted by Gasteiger charge is 2.21. The SMILES string of the molecule is C[C@H](OC(=O)[C@@H](C)Oc1ccc(C#N)cc1)c1cccc([N+](=O)[O-])c1. The van der Waals surface area contributed by atoms with Gasteiger partial charge in [-0.05, 0) is 43.7 Å². The molecule has 2 atom stereocenters. The van der Waals surface area contributed by atoms with Crippen LogP contribution < -0.4 is 4.74 Å². The van der Waals surface area contributed by atoms with Crippen LogP contribution in [0.4, 0.5) is 5.69 Å². The lowest BCUT2D eigenvalue weighted by Gasteiger charge is -2.18. The van der Waals surface area contributed by atoms with Gasteiger partial charge >= 0.3 is 5.97 Å². The molecular formula is C18H16N2O5. The fraction of sp³-hybridized carbons (Fsp3) is 0.222. The van der Waals surface area contributed by atoms with Gasteiger partial charge in [0.2, 0.25) is 0 Å². The molecule has 2 rings (SSSR count). The zero-order chi connectivity index (χ0) is 18.4. The number of carbonyl (C=O) groups is 1. The Balaban J connectivity index is 1.99. The summed E-state index contributed by atoms with van der Waals surface area (Å²) in [4.78, 5) is 22.4. The van der Waals surface area contributed by atoms with Crippen molar-refractivity contribution in [1.29, 1.82) is 5.26 Å². The van der Waals surface area contributed by atoms with E-state index in [0.29, 0.717) is 16.9 Å². The van der Waals surface area contributed by atoms with Crippen LogP contribution in [0.3, 0.4) is 0 Å². The molecule has 25 heavy (non-hydrogen) atoms. The van der Waals surface area contributed by atoms with Gasteiger partial charge < -0.3 is 9.47 Å². The highest BCUT2D eigenvalue weighted by Crippen LogP contribution is 2.23. The molecule has 0 amide bonds. The maximum absolute atomic E-state index is 12.1. The van der Waals surface area contributed by atoms with Gasteiger partial charge in [0.15, 0.2) is 6.10 Å². The molecule has 0 aliphatic heterocycles. The predicted octanol–water partition coefficient (Wildman–Crippen LogP) is 3.54. The molecule has 0 bridgehead atoms. The molecule has 0 N–H and O–H groups in total. The molecule has 0 aliphatic rings. The normalized spacial score (nSPS) is 12.5.